The first-order valence-electron chi connectivity index (χ1n) is 14.5. The summed E-state index contributed by atoms with van der Waals surface area (Å²) in [5.41, 5.74) is 4.58. The van der Waals surface area contributed by atoms with Gasteiger partial charge in [0.2, 0.25) is 5.91 Å². The lowest BCUT2D eigenvalue weighted by atomic mass is 9.99. The number of piperidine rings is 1. The first-order valence-corrected chi connectivity index (χ1v) is 14.9. The zero-order chi connectivity index (χ0) is 30.1. The molecule has 0 aliphatic carbocycles. The molecule has 1 fully saturated rings. The molecule has 0 unspecified atom stereocenters. The molecule has 4 rings (SSSR count). The van der Waals surface area contributed by atoms with Crippen LogP contribution in [0.1, 0.15) is 43.7 Å². The van der Waals surface area contributed by atoms with E-state index in [1.807, 2.05) is 55.5 Å². The number of nitrogens with zero attached hydrogens (tertiary/aromatic N) is 1. The van der Waals surface area contributed by atoms with Gasteiger partial charge in [0, 0.05) is 36.5 Å². The van der Waals surface area contributed by atoms with Crippen LogP contribution in [-0.2, 0) is 22.6 Å². The minimum absolute atomic E-state index is 0.0871. The molecule has 0 atom stereocenters. The first-order chi connectivity index (χ1) is 20.2. The molecule has 1 saturated heterocycles. The minimum Gasteiger partial charge on any atom is -0.493 e. The quantitative estimate of drug-likeness (QED) is 0.216. The molecule has 1 heterocycles. The van der Waals surface area contributed by atoms with Crippen molar-refractivity contribution in [2.45, 2.75) is 51.7 Å². The van der Waals surface area contributed by atoms with Crippen LogP contribution in [0.2, 0.25) is 5.02 Å². The van der Waals surface area contributed by atoms with Gasteiger partial charge in [-0.15, -0.1) is 0 Å². The van der Waals surface area contributed by atoms with Crippen molar-refractivity contribution >= 4 is 35.0 Å². The van der Waals surface area contributed by atoms with Crippen LogP contribution in [0.5, 0.6) is 5.75 Å². The number of aliphatic hydroxyl groups is 1. The van der Waals surface area contributed by atoms with Crippen LogP contribution in [0.25, 0.3) is 11.1 Å². The summed E-state index contributed by atoms with van der Waals surface area (Å²) >= 11 is 6.33. The maximum atomic E-state index is 12.9. The number of likely N-dealkylation sites (tertiary alicyclic amines) is 1. The van der Waals surface area contributed by atoms with Gasteiger partial charge in [-0.1, -0.05) is 54.1 Å². The summed E-state index contributed by atoms with van der Waals surface area (Å²) < 4.78 is 12.3. The molecular formula is C33H41ClN3O5+. The van der Waals surface area contributed by atoms with Gasteiger partial charge in [-0.2, -0.15) is 0 Å². The number of carbonyl (C=O) groups excluding carboxylic acids is 2. The highest BCUT2D eigenvalue weighted by molar-refractivity contribution is 6.33. The van der Waals surface area contributed by atoms with Crippen molar-refractivity contribution in [2.24, 2.45) is 0 Å². The second-order valence-electron chi connectivity index (χ2n) is 11.3. The van der Waals surface area contributed by atoms with E-state index < -0.39 is 6.09 Å². The number of amides is 2. The van der Waals surface area contributed by atoms with Crippen LogP contribution >= 0.6 is 11.6 Å². The van der Waals surface area contributed by atoms with E-state index in [-0.39, 0.29) is 25.0 Å². The van der Waals surface area contributed by atoms with Gasteiger partial charge >= 0.3 is 6.09 Å². The third-order valence-electron chi connectivity index (χ3n) is 7.56. The number of hydrogen-bond acceptors (Lipinski definition) is 5. The van der Waals surface area contributed by atoms with Crippen LogP contribution in [0.15, 0.2) is 60.7 Å². The monoisotopic (exact) mass is 594 g/mol. The number of carbonyl (C=O) groups is 2. The van der Waals surface area contributed by atoms with Crippen LogP contribution in [0.4, 0.5) is 16.2 Å². The number of hydrogen-bond donors (Lipinski definition) is 3. The van der Waals surface area contributed by atoms with Gasteiger partial charge in [-0.05, 0) is 43.0 Å². The predicted octanol–water partition coefficient (Wildman–Crippen LogP) is 6.65. The van der Waals surface area contributed by atoms with Gasteiger partial charge in [0.15, 0.2) is 0 Å². The molecule has 0 bridgehead atoms. The summed E-state index contributed by atoms with van der Waals surface area (Å²) in [5, 5.41) is 15.7. The van der Waals surface area contributed by atoms with E-state index in [0.29, 0.717) is 47.2 Å². The van der Waals surface area contributed by atoms with E-state index in [9.17, 15) is 14.7 Å². The van der Waals surface area contributed by atoms with E-state index in [1.54, 1.807) is 12.1 Å². The maximum Gasteiger partial charge on any atom is 0.411 e. The molecule has 2 amide bonds. The number of anilines is 2. The van der Waals surface area contributed by atoms with E-state index in [0.717, 1.165) is 47.1 Å². The predicted molar refractivity (Wildman–Crippen MR) is 167 cm³/mol. The zero-order valence-electron chi connectivity index (χ0n) is 24.6. The molecule has 9 heteroatoms. The number of aryl methyl sites for hydroxylation is 1. The van der Waals surface area contributed by atoms with Crippen molar-refractivity contribution in [3.8, 4) is 16.9 Å². The molecule has 0 radical (unpaired) electrons. The Kier molecular flexibility index (Phi) is 10.8. The van der Waals surface area contributed by atoms with E-state index in [4.69, 9.17) is 21.1 Å². The fourth-order valence-corrected chi connectivity index (χ4v) is 5.37. The summed E-state index contributed by atoms with van der Waals surface area (Å²) in [5.74, 6) is 0.316. The highest BCUT2D eigenvalue weighted by Crippen LogP contribution is 2.32. The fraction of sp³-hybridized carbons (Fsp3) is 0.394. The van der Waals surface area contributed by atoms with Crippen LogP contribution in [0, 0.1) is 0 Å². The van der Waals surface area contributed by atoms with Gasteiger partial charge in [-0.25, -0.2) is 4.79 Å². The van der Waals surface area contributed by atoms with Gasteiger partial charge in [0.25, 0.3) is 0 Å². The van der Waals surface area contributed by atoms with Gasteiger partial charge in [-0.3, -0.25) is 10.1 Å². The largest absolute Gasteiger partial charge is 0.493 e. The van der Waals surface area contributed by atoms with Crippen molar-refractivity contribution in [3.05, 3.63) is 76.8 Å². The summed E-state index contributed by atoms with van der Waals surface area (Å²) in [6.07, 6.45) is 2.68. The Labute approximate surface area is 253 Å². The molecule has 1 aliphatic rings. The fourth-order valence-electron chi connectivity index (χ4n) is 5.14. The van der Waals surface area contributed by atoms with Crippen molar-refractivity contribution in [2.75, 3.05) is 44.4 Å². The minimum atomic E-state index is -0.448. The standard InChI is InChI=1S/C33H40ClN3O5/c1-4-41-31-21-30(28(34)20-25(31)22-38)35-32(39)12-8-9-23-13-14-27(24-10-6-5-7-11-24)29(19-23)36-33(40)42-26-15-17-37(2,3)18-16-26/h5-7,10-11,13-14,19-21,26,38H,4,8-9,12,15-18,22H2,1-3H3,(H-,35,36,39,40)/p+1. The highest BCUT2D eigenvalue weighted by atomic mass is 35.5. The second-order valence-corrected chi connectivity index (χ2v) is 11.7. The molecule has 3 N–H and O–H groups in total. The Hall–Kier alpha value is -3.59. The Morgan fingerprint density at radius 3 is 2.43 bits per heavy atom. The highest BCUT2D eigenvalue weighted by Gasteiger charge is 2.28. The van der Waals surface area contributed by atoms with Crippen LogP contribution in [-0.4, -0.2) is 61.5 Å². The normalized spacial score (nSPS) is 14.7. The molecule has 8 nitrogen and oxygen atoms in total. The lowest BCUT2D eigenvalue weighted by Gasteiger charge is -2.36. The summed E-state index contributed by atoms with van der Waals surface area (Å²) in [4.78, 5) is 25.6. The number of rotatable bonds is 11. The Balaban J connectivity index is 1.39. The second kappa shape index (κ2) is 14.5. The SMILES string of the molecule is CCOc1cc(NC(=O)CCCc2ccc(-c3ccccc3)c(NC(=O)OC3CC[N+](C)(C)CC3)c2)c(Cl)cc1CO. The van der Waals surface area contributed by atoms with Crippen LogP contribution < -0.4 is 15.4 Å². The number of halogens is 1. The Morgan fingerprint density at radius 2 is 1.74 bits per heavy atom. The van der Waals surface area contributed by atoms with Gasteiger partial charge in [0.05, 0.1) is 56.8 Å². The number of aliphatic hydroxyl groups excluding tert-OH is 1. The average Bonchev–Trinajstić information content (AvgIpc) is 2.96. The maximum absolute atomic E-state index is 12.9. The van der Waals surface area contributed by atoms with E-state index >= 15 is 0 Å². The summed E-state index contributed by atoms with van der Waals surface area (Å²) in [6, 6.07) is 19.1. The van der Waals surface area contributed by atoms with Crippen molar-refractivity contribution in [1.29, 1.82) is 0 Å². The molecule has 1 aliphatic heterocycles. The molecule has 0 saturated carbocycles. The van der Waals surface area contributed by atoms with Crippen molar-refractivity contribution in [1.82, 2.24) is 0 Å². The summed E-state index contributed by atoms with van der Waals surface area (Å²) in [7, 11) is 4.39. The van der Waals surface area contributed by atoms with E-state index in [2.05, 4.69) is 24.7 Å². The van der Waals surface area contributed by atoms with Gasteiger partial charge < -0.3 is 24.4 Å². The molecule has 3 aromatic carbocycles. The van der Waals surface area contributed by atoms with Gasteiger partial charge in [0.1, 0.15) is 11.9 Å². The third kappa shape index (κ3) is 8.71. The number of ether oxygens (including phenoxy) is 2. The van der Waals surface area contributed by atoms with Crippen molar-refractivity contribution in [3.63, 3.8) is 0 Å². The molecule has 3 aromatic rings. The summed E-state index contributed by atoms with van der Waals surface area (Å²) in [6.45, 7) is 4.02. The lowest BCUT2D eigenvalue weighted by molar-refractivity contribution is -0.896. The number of nitrogens with one attached hydrogen (secondary N) is 2. The smallest absolute Gasteiger partial charge is 0.411 e. The molecule has 0 aromatic heterocycles. The Bertz CT molecular complexity index is 1370. The molecule has 224 valence electrons. The number of quaternary nitrogens is 1. The first kappa shape index (κ1) is 31.3. The van der Waals surface area contributed by atoms with E-state index in [1.165, 1.54) is 0 Å². The lowest BCUT2D eigenvalue weighted by Crippen LogP contribution is -2.48. The molecular weight excluding hydrogens is 554 g/mol. The van der Waals surface area contributed by atoms with Crippen molar-refractivity contribution < 1.29 is 28.7 Å². The number of benzene rings is 3. The molecule has 0 spiro atoms. The zero-order valence-corrected chi connectivity index (χ0v) is 25.4. The topological polar surface area (TPSA) is 96.9 Å². The average molecular weight is 595 g/mol. The molecule has 42 heavy (non-hydrogen) atoms. The Morgan fingerprint density at radius 1 is 1.00 bits per heavy atom. The van der Waals surface area contributed by atoms with Crippen LogP contribution in [0.3, 0.4) is 0 Å². The third-order valence-corrected chi connectivity index (χ3v) is 7.87.